The van der Waals surface area contributed by atoms with Crippen LogP contribution >= 0.6 is 28.6 Å². The van der Waals surface area contributed by atoms with E-state index in [4.69, 9.17) is 11.6 Å². The lowest BCUT2D eigenvalue weighted by molar-refractivity contribution is -0.686. The van der Waals surface area contributed by atoms with Gasteiger partial charge in [0.05, 0.1) is 6.20 Å². The van der Waals surface area contributed by atoms with Crippen LogP contribution in [0.15, 0.2) is 67.1 Å². The SMILES string of the molecule is Br.O=C(C[n+]1ccc(-c2ccc(F)cc2)nc1)c1ccc(Cl)cc1. The van der Waals surface area contributed by atoms with Gasteiger partial charge in [0, 0.05) is 22.2 Å². The molecule has 0 saturated heterocycles. The molecule has 0 saturated carbocycles. The lowest BCUT2D eigenvalue weighted by Gasteiger charge is -2.01. The van der Waals surface area contributed by atoms with Crippen LogP contribution in [-0.2, 0) is 6.54 Å². The number of benzene rings is 2. The quantitative estimate of drug-likeness (QED) is 0.477. The summed E-state index contributed by atoms with van der Waals surface area (Å²) in [5.41, 5.74) is 2.15. The molecule has 0 aliphatic rings. The van der Waals surface area contributed by atoms with E-state index in [1.807, 2.05) is 0 Å². The highest BCUT2D eigenvalue weighted by Gasteiger charge is 2.11. The number of hydrogen-bond donors (Lipinski definition) is 0. The Hall–Kier alpha value is -2.11. The van der Waals surface area contributed by atoms with Gasteiger partial charge in [-0.25, -0.2) is 8.96 Å². The Morgan fingerprint density at radius 1 is 1.04 bits per heavy atom. The van der Waals surface area contributed by atoms with Crippen LogP contribution in [0.5, 0.6) is 0 Å². The number of Topliss-reactive ketones (excluding diaryl/α,β-unsaturated/α-hetero) is 1. The second-order valence-corrected chi connectivity index (χ2v) is 5.49. The predicted molar refractivity (Wildman–Crippen MR) is 95.9 cm³/mol. The molecule has 0 radical (unpaired) electrons. The molecule has 3 aromatic rings. The Bertz CT molecular complexity index is 821. The first-order valence-electron chi connectivity index (χ1n) is 7.01. The van der Waals surface area contributed by atoms with Crippen LogP contribution in [0.2, 0.25) is 5.02 Å². The molecule has 3 nitrogen and oxygen atoms in total. The average molecular weight is 409 g/mol. The van der Waals surface area contributed by atoms with Gasteiger partial charge in [0.1, 0.15) is 5.82 Å². The largest absolute Gasteiger partial charge is 0.290 e. The number of aromatic nitrogens is 2. The molecule has 0 N–H and O–H groups in total. The first-order chi connectivity index (χ1) is 11.1. The van der Waals surface area contributed by atoms with Crippen molar-refractivity contribution in [3.8, 4) is 11.3 Å². The number of hydrogen-bond acceptors (Lipinski definition) is 2. The Labute approximate surface area is 154 Å². The van der Waals surface area contributed by atoms with Crippen molar-refractivity contribution in [2.45, 2.75) is 6.54 Å². The summed E-state index contributed by atoms with van der Waals surface area (Å²) in [7, 11) is 0. The molecule has 0 aliphatic carbocycles. The Morgan fingerprint density at radius 2 is 1.71 bits per heavy atom. The van der Waals surface area contributed by atoms with E-state index in [9.17, 15) is 9.18 Å². The van der Waals surface area contributed by atoms with Gasteiger partial charge in [-0.1, -0.05) is 11.6 Å². The summed E-state index contributed by atoms with van der Waals surface area (Å²) >= 11 is 5.81. The van der Waals surface area contributed by atoms with Gasteiger partial charge < -0.3 is 0 Å². The van der Waals surface area contributed by atoms with Gasteiger partial charge in [0.15, 0.2) is 12.2 Å². The summed E-state index contributed by atoms with van der Waals surface area (Å²) < 4.78 is 14.6. The van der Waals surface area contributed by atoms with Crippen LogP contribution in [0, 0.1) is 5.82 Å². The first kappa shape index (κ1) is 18.2. The van der Waals surface area contributed by atoms with E-state index in [1.54, 1.807) is 59.6 Å². The molecule has 0 atom stereocenters. The fourth-order valence-electron chi connectivity index (χ4n) is 2.16. The van der Waals surface area contributed by atoms with Crippen molar-refractivity contribution in [1.29, 1.82) is 0 Å². The number of ketones is 1. The highest BCUT2D eigenvalue weighted by atomic mass is 79.9. The summed E-state index contributed by atoms with van der Waals surface area (Å²) in [4.78, 5) is 16.5. The molecule has 2 aromatic carbocycles. The van der Waals surface area contributed by atoms with E-state index in [-0.39, 0.29) is 35.1 Å². The van der Waals surface area contributed by atoms with E-state index in [0.29, 0.717) is 10.6 Å². The van der Waals surface area contributed by atoms with Gasteiger partial charge in [0.2, 0.25) is 5.78 Å². The Balaban J connectivity index is 0.00000208. The average Bonchev–Trinajstić information content (AvgIpc) is 2.57. The zero-order chi connectivity index (χ0) is 16.2. The topological polar surface area (TPSA) is 33.8 Å². The second-order valence-electron chi connectivity index (χ2n) is 5.05. The number of nitrogens with zero attached hydrogens (tertiary/aromatic N) is 2. The summed E-state index contributed by atoms with van der Waals surface area (Å²) in [6.07, 6.45) is 3.37. The zero-order valence-electron chi connectivity index (χ0n) is 12.5. The summed E-state index contributed by atoms with van der Waals surface area (Å²) in [5, 5.41) is 0.597. The lowest BCUT2D eigenvalue weighted by Crippen LogP contribution is -2.37. The standard InChI is InChI=1S/C18H13ClFN2O.BrH/c19-15-5-1-14(2-6-15)18(23)11-22-10-9-17(21-12-22)13-3-7-16(20)8-4-13;/h1-10,12H,11H2;1H/q+1;. The van der Waals surface area contributed by atoms with Gasteiger partial charge in [0.25, 0.3) is 6.33 Å². The van der Waals surface area contributed by atoms with Crippen LogP contribution in [0.4, 0.5) is 4.39 Å². The molecule has 1 aromatic heterocycles. The van der Waals surface area contributed by atoms with E-state index in [0.717, 1.165) is 11.3 Å². The van der Waals surface area contributed by atoms with Crippen LogP contribution in [0.25, 0.3) is 11.3 Å². The van der Waals surface area contributed by atoms with Gasteiger partial charge in [-0.15, -0.1) is 17.0 Å². The molecular formula is C18H14BrClFN2O+. The molecule has 3 rings (SSSR count). The number of carbonyl (C=O) groups excluding carboxylic acids is 1. The van der Waals surface area contributed by atoms with E-state index < -0.39 is 0 Å². The first-order valence-corrected chi connectivity index (χ1v) is 7.39. The van der Waals surface area contributed by atoms with E-state index in [1.165, 1.54) is 12.1 Å². The maximum atomic E-state index is 12.9. The molecule has 0 aliphatic heterocycles. The predicted octanol–water partition coefficient (Wildman–Crippen LogP) is 4.29. The summed E-state index contributed by atoms with van der Waals surface area (Å²) in [6, 6.07) is 14.7. The van der Waals surface area contributed by atoms with Crippen molar-refractivity contribution in [3.63, 3.8) is 0 Å². The van der Waals surface area contributed by atoms with Crippen molar-refractivity contribution < 1.29 is 13.8 Å². The minimum absolute atomic E-state index is 0. The molecule has 0 bridgehead atoms. The third-order valence-corrected chi connectivity index (χ3v) is 3.65. The third kappa shape index (κ3) is 4.46. The van der Waals surface area contributed by atoms with Gasteiger partial charge in [-0.3, -0.25) is 4.79 Å². The van der Waals surface area contributed by atoms with Crippen LogP contribution in [-0.4, -0.2) is 10.8 Å². The summed E-state index contributed by atoms with van der Waals surface area (Å²) in [5.74, 6) is -0.309. The second kappa shape index (κ2) is 8.13. The van der Waals surface area contributed by atoms with Gasteiger partial charge in [-0.2, -0.15) is 0 Å². The van der Waals surface area contributed by atoms with Crippen molar-refractivity contribution in [3.05, 3.63) is 83.5 Å². The molecule has 0 spiro atoms. The van der Waals surface area contributed by atoms with Crippen LogP contribution < -0.4 is 4.57 Å². The van der Waals surface area contributed by atoms with Gasteiger partial charge in [-0.05, 0) is 53.5 Å². The Kier molecular flexibility index (Phi) is 6.17. The van der Waals surface area contributed by atoms with Crippen LogP contribution in [0.1, 0.15) is 10.4 Å². The van der Waals surface area contributed by atoms with Crippen LogP contribution in [0.3, 0.4) is 0 Å². The highest BCUT2D eigenvalue weighted by Crippen LogP contribution is 2.15. The molecule has 6 heteroatoms. The molecule has 0 amide bonds. The maximum Gasteiger partial charge on any atom is 0.287 e. The number of carbonyl (C=O) groups is 1. The number of halogens is 3. The third-order valence-electron chi connectivity index (χ3n) is 3.40. The Morgan fingerprint density at radius 3 is 2.29 bits per heavy atom. The zero-order valence-corrected chi connectivity index (χ0v) is 15.0. The number of rotatable bonds is 4. The highest BCUT2D eigenvalue weighted by molar-refractivity contribution is 8.93. The van der Waals surface area contributed by atoms with Crippen molar-refractivity contribution in [1.82, 2.24) is 4.98 Å². The minimum atomic E-state index is -0.284. The van der Waals surface area contributed by atoms with Crippen molar-refractivity contribution >= 4 is 34.4 Å². The fourth-order valence-corrected chi connectivity index (χ4v) is 2.29. The normalized spacial score (nSPS) is 10.1. The monoisotopic (exact) mass is 407 g/mol. The van der Waals surface area contributed by atoms with Crippen molar-refractivity contribution in [2.24, 2.45) is 0 Å². The fraction of sp³-hybridized carbons (Fsp3) is 0.0556. The minimum Gasteiger partial charge on any atom is -0.290 e. The van der Waals surface area contributed by atoms with Crippen molar-refractivity contribution in [2.75, 3.05) is 0 Å². The molecule has 0 fully saturated rings. The summed E-state index contributed by atoms with van der Waals surface area (Å²) in [6.45, 7) is 0.193. The van der Waals surface area contributed by atoms with E-state index in [2.05, 4.69) is 4.98 Å². The molecule has 24 heavy (non-hydrogen) atoms. The van der Waals surface area contributed by atoms with E-state index >= 15 is 0 Å². The maximum absolute atomic E-state index is 12.9. The molecule has 1 heterocycles. The molecule has 0 unspecified atom stereocenters. The molecular weight excluding hydrogens is 395 g/mol. The lowest BCUT2D eigenvalue weighted by atomic mass is 10.1. The molecule has 122 valence electrons. The van der Waals surface area contributed by atoms with Gasteiger partial charge >= 0.3 is 0 Å². The smallest absolute Gasteiger partial charge is 0.287 e.